The van der Waals surface area contributed by atoms with Gasteiger partial charge in [-0.25, -0.2) is 0 Å². The second-order valence-corrected chi connectivity index (χ2v) is 12.7. The zero-order valence-corrected chi connectivity index (χ0v) is 21.6. The highest BCUT2D eigenvalue weighted by Gasteiger charge is 2.45. The van der Waals surface area contributed by atoms with Crippen LogP contribution in [0.25, 0.3) is 0 Å². The van der Waals surface area contributed by atoms with Gasteiger partial charge in [0, 0.05) is 47.5 Å². The Balaban J connectivity index is 1.41. The van der Waals surface area contributed by atoms with E-state index in [9.17, 15) is 9.59 Å². The number of fused-ring (bicyclic) bond motifs is 3. The fraction of sp³-hybridized carbons (Fsp3) is 0.571. The molecule has 0 bridgehead atoms. The zero-order chi connectivity index (χ0) is 24.3. The molecule has 1 amide bonds. The average molecular weight is 481 g/mol. The number of benzene rings is 1. The van der Waals surface area contributed by atoms with Crippen molar-refractivity contribution in [2.45, 2.75) is 71.8 Å². The van der Waals surface area contributed by atoms with Gasteiger partial charge in [-0.3, -0.25) is 9.59 Å². The molecule has 1 aliphatic carbocycles. The van der Waals surface area contributed by atoms with Crippen LogP contribution in [-0.4, -0.2) is 36.3 Å². The SMILES string of the molecule is CC(C)Cc1sc(C(=O)N2CCC3(CC2)COc2ccc(CN)cc23)c2c1C(=O)CC(C)(C)C2. The van der Waals surface area contributed by atoms with Crippen molar-refractivity contribution in [1.82, 2.24) is 4.90 Å². The number of ketones is 1. The van der Waals surface area contributed by atoms with Gasteiger partial charge in [-0.05, 0) is 54.2 Å². The number of hydrogen-bond donors (Lipinski definition) is 1. The molecule has 0 unspecified atom stereocenters. The number of Topliss-reactive ketones (excluding diaryl/α,β-unsaturated/α-hetero) is 1. The lowest BCUT2D eigenvalue weighted by atomic mass is 9.73. The van der Waals surface area contributed by atoms with E-state index in [1.165, 1.54) is 5.56 Å². The molecule has 34 heavy (non-hydrogen) atoms. The van der Waals surface area contributed by atoms with Gasteiger partial charge in [0.05, 0.1) is 11.5 Å². The monoisotopic (exact) mass is 480 g/mol. The standard InChI is InChI=1S/C28H36N2O3S/c1-17(2)11-23-24-19(13-27(3,4)14-21(24)31)25(34-23)26(32)30-9-7-28(8-10-30)16-33-22-6-5-18(15-29)12-20(22)28/h5-6,12,17H,7-11,13-16,29H2,1-4H3. The topological polar surface area (TPSA) is 72.6 Å². The molecule has 3 heterocycles. The largest absolute Gasteiger partial charge is 0.492 e. The van der Waals surface area contributed by atoms with Crippen molar-refractivity contribution >= 4 is 23.0 Å². The van der Waals surface area contributed by atoms with Crippen LogP contribution in [0.2, 0.25) is 0 Å². The third-order valence-electron chi connectivity index (χ3n) is 7.80. The molecule has 2 aliphatic heterocycles. The molecule has 182 valence electrons. The number of nitrogens with two attached hydrogens (primary N) is 1. The molecule has 5 nitrogen and oxygen atoms in total. The Morgan fingerprint density at radius 3 is 2.62 bits per heavy atom. The van der Waals surface area contributed by atoms with Crippen molar-refractivity contribution in [3.8, 4) is 5.75 Å². The second-order valence-electron chi connectivity index (χ2n) is 11.6. The van der Waals surface area contributed by atoms with Crippen LogP contribution in [0, 0.1) is 11.3 Å². The molecular formula is C28H36N2O3S. The number of carbonyl (C=O) groups excluding carboxylic acids is 2. The van der Waals surface area contributed by atoms with Gasteiger partial charge >= 0.3 is 0 Å². The van der Waals surface area contributed by atoms with Gasteiger partial charge in [-0.1, -0.05) is 39.8 Å². The van der Waals surface area contributed by atoms with E-state index in [2.05, 4.69) is 33.8 Å². The number of likely N-dealkylation sites (tertiary alicyclic amines) is 1. The summed E-state index contributed by atoms with van der Waals surface area (Å²) >= 11 is 1.58. The number of carbonyl (C=O) groups is 2. The third-order valence-corrected chi connectivity index (χ3v) is 9.05. The minimum Gasteiger partial charge on any atom is -0.492 e. The van der Waals surface area contributed by atoms with Gasteiger partial charge in [0.1, 0.15) is 5.75 Å². The van der Waals surface area contributed by atoms with E-state index < -0.39 is 0 Å². The Morgan fingerprint density at radius 2 is 1.94 bits per heavy atom. The minimum absolute atomic E-state index is 0.0348. The zero-order valence-electron chi connectivity index (χ0n) is 20.8. The number of nitrogens with zero attached hydrogens (tertiary/aromatic N) is 1. The lowest BCUT2D eigenvalue weighted by Crippen LogP contribution is -2.46. The van der Waals surface area contributed by atoms with E-state index in [4.69, 9.17) is 10.5 Å². The second kappa shape index (κ2) is 8.49. The molecule has 6 heteroatoms. The molecule has 1 fully saturated rings. The van der Waals surface area contributed by atoms with Crippen LogP contribution in [0.5, 0.6) is 5.75 Å². The maximum atomic E-state index is 13.8. The van der Waals surface area contributed by atoms with E-state index in [1.54, 1.807) is 11.3 Å². The highest BCUT2D eigenvalue weighted by molar-refractivity contribution is 7.14. The van der Waals surface area contributed by atoms with E-state index in [0.29, 0.717) is 38.6 Å². The molecule has 0 atom stereocenters. The van der Waals surface area contributed by atoms with Gasteiger partial charge in [0.2, 0.25) is 0 Å². The van der Waals surface area contributed by atoms with Crippen LogP contribution in [0.4, 0.5) is 0 Å². The molecule has 1 aromatic heterocycles. The number of piperidine rings is 1. The van der Waals surface area contributed by atoms with Crippen molar-refractivity contribution < 1.29 is 14.3 Å². The van der Waals surface area contributed by atoms with Crippen LogP contribution in [-0.2, 0) is 24.8 Å². The van der Waals surface area contributed by atoms with Gasteiger partial charge < -0.3 is 15.4 Å². The predicted octanol–water partition coefficient (Wildman–Crippen LogP) is 5.13. The molecule has 2 aromatic rings. The average Bonchev–Trinajstić information content (AvgIpc) is 3.31. The summed E-state index contributed by atoms with van der Waals surface area (Å²) in [6.45, 7) is 11.2. The summed E-state index contributed by atoms with van der Waals surface area (Å²) in [6, 6.07) is 6.27. The Hall–Kier alpha value is -2.18. The lowest BCUT2D eigenvalue weighted by molar-refractivity contribution is 0.0649. The highest BCUT2D eigenvalue weighted by Crippen LogP contribution is 2.47. The molecule has 1 aromatic carbocycles. The summed E-state index contributed by atoms with van der Waals surface area (Å²) in [5, 5.41) is 0. The number of ether oxygens (including phenoxy) is 1. The van der Waals surface area contributed by atoms with Crippen molar-refractivity contribution in [3.05, 3.63) is 50.2 Å². The molecule has 5 rings (SSSR count). The molecule has 0 radical (unpaired) electrons. The third kappa shape index (κ3) is 3.99. The number of rotatable bonds is 4. The maximum absolute atomic E-state index is 13.8. The van der Waals surface area contributed by atoms with Gasteiger partial charge in [0.15, 0.2) is 5.78 Å². The van der Waals surface area contributed by atoms with Crippen LogP contribution in [0.1, 0.15) is 88.6 Å². The maximum Gasteiger partial charge on any atom is 0.264 e. The summed E-state index contributed by atoms with van der Waals surface area (Å²) < 4.78 is 6.04. The Labute approximate surface area is 206 Å². The minimum atomic E-state index is -0.104. The summed E-state index contributed by atoms with van der Waals surface area (Å²) in [6.07, 6.45) is 3.98. The first-order valence-electron chi connectivity index (χ1n) is 12.6. The van der Waals surface area contributed by atoms with Crippen molar-refractivity contribution in [1.29, 1.82) is 0 Å². The van der Waals surface area contributed by atoms with Crippen LogP contribution >= 0.6 is 11.3 Å². The van der Waals surface area contributed by atoms with Crippen molar-refractivity contribution in [2.75, 3.05) is 19.7 Å². The molecule has 1 spiro atoms. The summed E-state index contributed by atoms with van der Waals surface area (Å²) in [4.78, 5) is 30.8. The number of amides is 1. The van der Waals surface area contributed by atoms with E-state index in [-0.39, 0.29) is 22.5 Å². The highest BCUT2D eigenvalue weighted by atomic mass is 32.1. The quantitative estimate of drug-likeness (QED) is 0.659. The van der Waals surface area contributed by atoms with Gasteiger partial charge in [-0.2, -0.15) is 0 Å². The normalized spacial score (nSPS) is 20.4. The van der Waals surface area contributed by atoms with E-state index in [0.717, 1.165) is 57.9 Å². The number of thiophene rings is 1. The smallest absolute Gasteiger partial charge is 0.264 e. The first-order chi connectivity index (χ1) is 16.1. The van der Waals surface area contributed by atoms with Crippen LogP contribution in [0.3, 0.4) is 0 Å². The predicted molar refractivity (Wildman–Crippen MR) is 136 cm³/mol. The van der Waals surface area contributed by atoms with Crippen molar-refractivity contribution in [2.24, 2.45) is 17.1 Å². The van der Waals surface area contributed by atoms with Crippen molar-refractivity contribution in [3.63, 3.8) is 0 Å². The van der Waals surface area contributed by atoms with Gasteiger partial charge in [-0.15, -0.1) is 11.3 Å². The van der Waals surface area contributed by atoms with Crippen LogP contribution in [0.15, 0.2) is 18.2 Å². The summed E-state index contributed by atoms with van der Waals surface area (Å²) in [7, 11) is 0. The summed E-state index contributed by atoms with van der Waals surface area (Å²) in [5.74, 6) is 1.73. The fourth-order valence-corrected chi connectivity index (χ4v) is 7.51. The van der Waals surface area contributed by atoms with E-state index in [1.807, 2.05) is 17.0 Å². The first kappa shape index (κ1) is 23.6. The molecule has 2 N–H and O–H groups in total. The first-order valence-corrected chi connectivity index (χ1v) is 13.4. The fourth-order valence-electron chi connectivity index (χ4n) is 5.99. The van der Waals surface area contributed by atoms with Crippen LogP contribution < -0.4 is 10.5 Å². The molecule has 1 saturated heterocycles. The Morgan fingerprint density at radius 1 is 1.21 bits per heavy atom. The molecule has 0 saturated carbocycles. The van der Waals surface area contributed by atoms with Gasteiger partial charge in [0.25, 0.3) is 5.91 Å². The Kier molecular flexibility index (Phi) is 5.88. The molecule has 3 aliphatic rings. The lowest BCUT2D eigenvalue weighted by Gasteiger charge is -2.39. The van der Waals surface area contributed by atoms with E-state index >= 15 is 0 Å². The number of hydrogen-bond acceptors (Lipinski definition) is 5. The summed E-state index contributed by atoms with van der Waals surface area (Å²) in [5.41, 5.74) is 10.00. The molecular weight excluding hydrogens is 444 g/mol. The Bertz CT molecular complexity index is 1140.